The van der Waals surface area contributed by atoms with E-state index in [0.717, 1.165) is 0 Å². The molecule has 180 valence electrons. The van der Waals surface area contributed by atoms with E-state index in [1.807, 2.05) is 40.7 Å². The van der Waals surface area contributed by atoms with Crippen molar-refractivity contribution >= 4 is 17.9 Å². The van der Waals surface area contributed by atoms with Crippen LogP contribution >= 0.6 is 0 Å². The first-order valence-corrected chi connectivity index (χ1v) is 11.0. The summed E-state index contributed by atoms with van der Waals surface area (Å²) in [5.74, 6) is -0.909. The van der Waals surface area contributed by atoms with Gasteiger partial charge in [-0.3, -0.25) is 9.59 Å². The SMILES string of the molecule is CCC(C)(C)N(C(=O)C(CO)NC(=O)OC(C)(C)C)C(C(=O)NC(C)C)c1ccccc1. The molecule has 8 nitrogen and oxygen atoms in total. The molecule has 2 atom stereocenters. The molecule has 0 heterocycles. The number of aliphatic hydroxyl groups is 1. The number of amides is 3. The van der Waals surface area contributed by atoms with Crippen molar-refractivity contribution in [2.45, 2.75) is 91.1 Å². The van der Waals surface area contributed by atoms with Crippen molar-refractivity contribution in [3.05, 3.63) is 35.9 Å². The second kappa shape index (κ2) is 11.3. The van der Waals surface area contributed by atoms with Gasteiger partial charge in [0.2, 0.25) is 11.8 Å². The molecule has 1 rings (SSSR count). The minimum atomic E-state index is -1.27. The Kier molecular flexibility index (Phi) is 9.70. The van der Waals surface area contributed by atoms with Crippen LogP contribution in [0, 0.1) is 0 Å². The van der Waals surface area contributed by atoms with Crippen molar-refractivity contribution in [3.8, 4) is 0 Å². The zero-order valence-electron chi connectivity index (χ0n) is 20.6. The van der Waals surface area contributed by atoms with Gasteiger partial charge in [0.25, 0.3) is 0 Å². The molecule has 0 saturated heterocycles. The molecular formula is C24H39N3O5. The second-order valence-corrected chi connectivity index (χ2v) is 9.73. The number of carbonyl (C=O) groups excluding carboxylic acids is 3. The summed E-state index contributed by atoms with van der Waals surface area (Å²) in [6.07, 6.45) is -0.274. The lowest BCUT2D eigenvalue weighted by atomic mass is 9.92. The number of hydrogen-bond acceptors (Lipinski definition) is 5. The van der Waals surface area contributed by atoms with Crippen LogP contribution in [0.4, 0.5) is 4.79 Å². The van der Waals surface area contributed by atoms with E-state index in [1.165, 1.54) is 4.90 Å². The van der Waals surface area contributed by atoms with Crippen LogP contribution < -0.4 is 10.6 Å². The fourth-order valence-electron chi connectivity index (χ4n) is 3.17. The molecule has 3 N–H and O–H groups in total. The van der Waals surface area contributed by atoms with Gasteiger partial charge < -0.3 is 25.4 Å². The van der Waals surface area contributed by atoms with Crippen LogP contribution in [0.25, 0.3) is 0 Å². The van der Waals surface area contributed by atoms with E-state index >= 15 is 0 Å². The van der Waals surface area contributed by atoms with Crippen LogP contribution in [0.1, 0.15) is 73.4 Å². The van der Waals surface area contributed by atoms with Crippen LogP contribution in [0.5, 0.6) is 0 Å². The number of hydrogen-bond donors (Lipinski definition) is 3. The van der Waals surface area contributed by atoms with Gasteiger partial charge in [-0.15, -0.1) is 0 Å². The second-order valence-electron chi connectivity index (χ2n) is 9.73. The number of rotatable bonds is 9. The Morgan fingerprint density at radius 3 is 2.03 bits per heavy atom. The van der Waals surface area contributed by atoms with Crippen molar-refractivity contribution in [1.29, 1.82) is 0 Å². The Bertz CT molecular complexity index is 772. The van der Waals surface area contributed by atoms with Crippen LogP contribution in [0.3, 0.4) is 0 Å². The molecule has 0 fully saturated rings. The van der Waals surface area contributed by atoms with Gasteiger partial charge >= 0.3 is 6.09 Å². The highest BCUT2D eigenvalue weighted by Crippen LogP contribution is 2.32. The van der Waals surface area contributed by atoms with Gasteiger partial charge in [-0.2, -0.15) is 0 Å². The number of carbonyl (C=O) groups is 3. The Hall–Kier alpha value is -2.61. The standard InChI is InChI=1S/C24H39N3O5/c1-9-24(7,8)27(21(30)18(15-28)26-22(31)32-23(4,5)6)19(20(29)25-16(2)3)17-13-11-10-12-14-17/h10-14,16,18-19,28H,9,15H2,1-8H3,(H,25,29)(H,26,31). The molecule has 0 aliphatic carbocycles. The van der Waals surface area contributed by atoms with Crippen LogP contribution in [0.15, 0.2) is 30.3 Å². The number of aliphatic hydroxyl groups excluding tert-OH is 1. The first-order valence-electron chi connectivity index (χ1n) is 11.0. The molecule has 0 aliphatic rings. The van der Waals surface area contributed by atoms with E-state index in [1.54, 1.807) is 45.0 Å². The predicted octanol–water partition coefficient (Wildman–Crippen LogP) is 3.16. The Morgan fingerprint density at radius 1 is 1.03 bits per heavy atom. The van der Waals surface area contributed by atoms with Crippen molar-refractivity contribution in [3.63, 3.8) is 0 Å². The highest BCUT2D eigenvalue weighted by molar-refractivity contribution is 5.92. The molecule has 1 aromatic rings. The van der Waals surface area contributed by atoms with Crippen molar-refractivity contribution in [1.82, 2.24) is 15.5 Å². The van der Waals surface area contributed by atoms with Crippen LogP contribution in [-0.2, 0) is 14.3 Å². The lowest BCUT2D eigenvalue weighted by Gasteiger charge is -2.44. The molecule has 0 spiro atoms. The maximum atomic E-state index is 13.7. The largest absolute Gasteiger partial charge is 0.444 e. The summed E-state index contributed by atoms with van der Waals surface area (Å²) in [5, 5.41) is 15.3. The summed E-state index contributed by atoms with van der Waals surface area (Å²) in [6, 6.07) is 6.65. The quantitative estimate of drug-likeness (QED) is 0.537. The third-order valence-electron chi connectivity index (χ3n) is 4.98. The minimum absolute atomic E-state index is 0.135. The van der Waals surface area contributed by atoms with Gasteiger partial charge in [0, 0.05) is 11.6 Å². The fourth-order valence-corrected chi connectivity index (χ4v) is 3.17. The molecule has 32 heavy (non-hydrogen) atoms. The summed E-state index contributed by atoms with van der Waals surface area (Å²) in [5.41, 5.74) is -0.886. The number of ether oxygens (including phenoxy) is 1. The van der Waals surface area contributed by atoms with Gasteiger partial charge in [0.15, 0.2) is 0 Å². The normalized spacial score (nSPS) is 13.8. The van der Waals surface area contributed by atoms with Crippen molar-refractivity contribution in [2.24, 2.45) is 0 Å². The van der Waals surface area contributed by atoms with E-state index < -0.39 is 41.8 Å². The first kappa shape index (κ1) is 27.4. The molecular weight excluding hydrogens is 410 g/mol. The van der Waals surface area contributed by atoms with E-state index in [9.17, 15) is 19.5 Å². The van der Waals surface area contributed by atoms with Gasteiger partial charge in [0.05, 0.1) is 6.61 Å². The average Bonchev–Trinajstić information content (AvgIpc) is 2.68. The summed E-state index contributed by atoms with van der Waals surface area (Å²) in [7, 11) is 0. The topological polar surface area (TPSA) is 108 Å². The molecule has 8 heteroatoms. The smallest absolute Gasteiger partial charge is 0.408 e. The molecule has 0 aromatic heterocycles. The van der Waals surface area contributed by atoms with Crippen molar-refractivity contribution in [2.75, 3.05) is 6.61 Å². The summed E-state index contributed by atoms with van der Waals surface area (Å²) in [6.45, 7) is 13.8. The summed E-state index contributed by atoms with van der Waals surface area (Å²) >= 11 is 0. The molecule has 0 radical (unpaired) electrons. The molecule has 0 saturated carbocycles. The third-order valence-corrected chi connectivity index (χ3v) is 4.98. The van der Waals surface area contributed by atoms with Gasteiger partial charge in [-0.1, -0.05) is 37.3 Å². The molecule has 2 unspecified atom stereocenters. The predicted molar refractivity (Wildman–Crippen MR) is 124 cm³/mol. The monoisotopic (exact) mass is 449 g/mol. The average molecular weight is 450 g/mol. The number of benzene rings is 1. The lowest BCUT2D eigenvalue weighted by Crippen LogP contribution is -2.60. The van der Waals surface area contributed by atoms with E-state index in [-0.39, 0.29) is 11.9 Å². The van der Waals surface area contributed by atoms with Gasteiger partial charge in [-0.25, -0.2) is 4.79 Å². The maximum absolute atomic E-state index is 13.7. The molecule has 3 amide bonds. The van der Waals surface area contributed by atoms with E-state index in [2.05, 4.69) is 10.6 Å². The highest BCUT2D eigenvalue weighted by Gasteiger charge is 2.43. The minimum Gasteiger partial charge on any atom is -0.444 e. The maximum Gasteiger partial charge on any atom is 0.408 e. The number of nitrogens with one attached hydrogen (secondary N) is 2. The van der Waals surface area contributed by atoms with Crippen LogP contribution in [0.2, 0.25) is 0 Å². The highest BCUT2D eigenvalue weighted by atomic mass is 16.6. The molecule has 0 aliphatic heterocycles. The Morgan fingerprint density at radius 2 is 1.59 bits per heavy atom. The Labute approximate surface area is 191 Å². The molecule has 1 aromatic carbocycles. The van der Waals surface area contributed by atoms with Gasteiger partial charge in [0.1, 0.15) is 17.7 Å². The lowest BCUT2D eigenvalue weighted by molar-refractivity contribution is -0.150. The first-order chi connectivity index (χ1) is 14.7. The summed E-state index contributed by atoms with van der Waals surface area (Å²) < 4.78 is 5.25. The van der Waals surface area contributed by atoms with Crippen LogP contribution in [-0.4, -0.2) is 57.7 Å². The van der Waals surface area contributed by atoms with E-state index in [0.29, 0.717) is 12.0 Å². The fraction of sp³-hybridized carbons (Fsp3) is 0.625. The van der Waals surface area contributed by atoms with Gasteiger partial charge in [-0.05, 0) is 60.5 Å². The van der Waals surface area contributed by atoms with Crippen molar-refractivity contribution < 1.29 is 24.2 Å². The molecule has 0 bridgehead atoms. The zero-order chi connectivity index (χ0) is 24.7. The number of nitrogens with zero attached hydrogens (tertiary/aromatic N) is 1. The Balaban J connectivity index is 3.46. The number of alkyl carbamates (subject to hydrolysis) is 1. The zero-order valence-corrected chi connectivity index (χ0v) is 20.6. The van der Waals surface area contributed by atoms with E-state index in [4.69, 9.17) is 4.74 Å². The third kappa shape index (κ3) is 7.82. The summed E-state index contributed by atoms with van der Waals surface area (Å²) in [4.78, 5) is 40.8.